The molecule has 134 valence electrons. The second-order valence-electron chi connectivity index (χ2n) is 7.16. The summed E-state index contributed by atoms with van der Waals surface area (Å²) in [6, 6.07) is 5.80. The van der Waals surface area contributed by atoms with E-state index in [0.29, 0.717) is 18.6 Å². The van der Waals surface area contributed by atoms with Crippen LogP contribution in [0.3, 0.4) is 0 Å². The number of likely N-dealkylation sites (tertiary alicyclic amines) is 1. The first-order valence-corrected chi connectivity index (χ1v) is 9.90. The lowest BCUT2D eigenvalue weighted by Crippen LogP contribution is -2.57. The Morgan fingerprint density at radius 1 is 1.44 bits per heavy atom. The van der Waals surface area contributed by atoms with Gasteiger partial charge in [-0.25, -0.2) is 9.97 Å². The number of hydrogen-bond donors (Lipinski definition) is 0. The fourth-order valence-corrected chi connectivity index (χ4v) is 4.86. The van der Waals surface area contributed by atoms with Crippen LogP contribution >= 0.6 is 11.3 Å². The second kappa shape index (κ2) is 7.40. The van der Waals surface area contributed by atoms with Gasteiger partial charge in [0.15, 0.2) is 0 Å². The normalized spacial score (nSPS) is 27.0. The molecule has 4 heterocycles. The third kappa shape index (κ3) is 3.86. The van der Waals surface area contributed by atoms with E-state index < -0.39 is 0 Å². The maximum atomic E-state index is 6.14. The minimum atomic E-state index is 0.0559. The summed E-state index contributed by atoms with van der Waals surface area (Å²) in [6.07, 6.45) is 5.39. The van der Waals surface area contributed by atoms with E-state index in [1.54, 1.807) is 17.5 Å². The van der Waals surface area contributed by atoms with Crippen LogP contribution in [0.4, 0.5) is 0 Å². The Morgan fingerprint density at radius 3 is 3.20 bits per heavy atom. The van der Waals surface area contributed by atoms with Crippen molar-refractivity contribution in [3.8, 4) is 5.88 Å². The summed E-state index contributed by atoms with van der Waals surface area (Å²) >= 11 is 1.76. The van der Waals surface area contributed by atoms with E-state index in [4.69, 9.17) is 9.47 Å². The highest BCUT2D eigenvalue weighted by Gasteiger charge is 2.46. The SMILES string of the molecule is Cc1csc(CN2CC[C@@H]3OCCC[C@@]3(COc3ccccn3)C2)n1. The Labute approximate surface area is 153 Å². The van der Waals surface area contributed by atoms with Crippen molar-refractivity contribution in [1.29, 1.82) is 0 Å². The number of nitrogens with zero attached hydrogens (tertiary/aromatic N) is 3. The van der Waals surface area contributed by atoms with Crippen molar-refractivity contribution in [3.05, 3.63) is 40.5 Å². The number of thiazole rings is 1. The topological polar surface area (TPSA) is 47.5 Å². The molecule has 25 heavy (non-hydrogen) atoms. The molecule has 2 fully saturated rings. The molecule has 0 aromatic carbocycles. The number of aromatic nitrogens is 2. The number of rotatable bonds is 5. The first kappa shape index (κ1) is 16.9. The number of aryl methyl sites for hydroxylation is 1. The van der Waals surface area contributed by atoms with E-state index in [1.807, 2.05) is 18.2 Å². The highest BCUT2D eigenvalue weighted by atomic mass is 32.1. The molecule has 2 saturated heterocycles. The molecular formula is C19H25N3O2S. The van der Waals surface area contributed by atoms with Gasteiger partial charge in [-0.2, -0.15) is 0 Å². The molecule has 0 amide bonds. The zero-order chi connectivity index (χ0) is 17.1. The lowest BCUT2D eigenvalue weighted by molar-refractivity contribution is -0.141. The zero-order valence-electron chi connectivity index (χ0n) is 14.7. The Bertz CT molecular complexity index is 693. The van der Waals surface area contributed by atoms with Gasteiger partial charge in [0.25, 0.3) is 0 Å². The predicted octanol–water partition coefficient (Wildman–Crippen LogP) is 3.30. The van der Waals surface area contributed by atoms with Gasteiger partial charge in [-0.3, -0.25) is 4.90 Å². The maximum Gasteiger partial charge on any atom is 0.213 e. The lowest BCUT2D eigenvalue weighted by Gasteiger charge is -2.50. The van der Waals surface area contributed by atoms with Crippen LogP contribution in [0.1, 0.15) is 30.0 Å². The average molecular weight is 359 g/mol. The Balaban J connectivity index is 1.46. The van der Waals surface area contributed by atoms with Gasteiger partial charge >= 0.3 is 0 Å². The summed E-state index contributed by atoms with van der Waals surface area (Å²) in [5, 5.41) is 3.33. The van der Waals surface area contributed by atoms with Crippen LogP contribution in [0.5, 0.6) is 5.88 Å². The van der Waals surface area contributed by atoms with Gasteiger partial charge in [0.2, 0.25) is 5.88 Å². The smallest absolute Gasteiger partial charge is 0.213 e. The molecular weight excluding hydrogens is 334 g/mol. The van der Waals surface area contributed by atoms with Gasteiger partial charge in [-0.1, -0.05) is 6.07 Å². The van der Waals surface area contributed by atoms with Gasteiger partial charge in [-0.15, -0.1) is 11.3 Å². The Kier molecular flexibility index (Phi) is 5.01. The molecule has 0 unspecified atom stereocenters. The molecule has 5 nitrogen and oxygen atoms in total. The minimum Gasteiger partial charge on any atom is -0.477 e. The highest BCUT2D eigenvalue weighted by molar-refractivity contribution is 7.09. The summed E-state index contributed by atoms with van der Waals surface area (Å²) in [7, 11) is 0. The minimum absolute atomic E-state index is 0.0559. The summed E-state index contributed by atoms with van der Waals surface area (Å²) < 4.78 is 12.2. The average Bonchev–Trinajstić information content (AvgIpc) is 3.05. The Morgan fingerprint density at radius 2 is 2.40 bits per heavy atom. The maximum absolute atomic E-state index is 6.14. The van der Waals surface area contributed by atoms with Crippen LogP contribution in [0.2, 0.25) is 0 Å². The number of ether oxygens (including phenoxy) is 2. The molecule has 0 aliphatic carbocycles. The van der Waals surface area contributed by atoms with Crippen molar-refractivity contribution in [3.63, 3.8) is 0 Å². The predicted molar refractivity (Wildman–Crippen MR) is 97.9 cm³/mol. The molecule has 0 bridgehead atoms. The molecule has 0 saturated carbocycles. The van der Waals surface area contributed by atoms with Crippen molar-refractivity contribution in [2.45, 2.75) is 38.8 Å². The summed E-state index contributed by atoms with van der Waals surface area (Å²) in [5.74, 6) is 0.703. The number of fused-ring (bicyclic) bond motifs is 1. The first-order valence-electron chi connectivity index (χ1n) is 9.02. The molecule has 6 heteroatoms. The lowest BCUT2D eigenvalue weighted by atomic mass is 9.73. The third-order valence-corrected chi connectivity index (χ3v) is 6.19. The summed E-state index contributed by atoms with van der Waals surface area (Å²) in [5.41, 5.74) is 1.17. The van der Waals surface area contributed by atoms with E-state index >= 15 is 0 Å². The van der Waals surface area contributed by atoms with E-state index in [1.165, 1.54) is 5.01 Å². The molecule has 4 rings (SSSR count). The number of hydrogen-bond acceptors (Lipinski definition) is 6. The van der Waals surface area contributed by atoms with Crippen molar-refractivity contribution in [2.24, 2.45) is 5.41 Å². The van der Waals surface area contributed by atoms with Crippen LogP contribution in [-0.4, -0.2) is 47.3 Å². The molecule has 2 atom stereocenters. The quantitative estimate of drug-likeness (QED) is 0.820. The fourth-order valence-electron chi connectivity index (χ4n) is 4.04. The molecule has 2 aliphatic rings. The van der Waals surface area contributed by atoms with Crippen molar-refractivity contribution >= 4 is 11.3 Å². The Hall–Kier alpha value is -1.50. The standard InChI is InChI=1S/C19H25N3O2S/c1-15-12-25-18(21-15)11-22-9-6-16-19(13-22,7-4-10-23-16)14-24-17-5-2-3-8-20-17/h2-3,5,8,12,16H,4,6-7,9-11,13-14H2,1H3/t16-,19-/m0/s1. The molecule has 0 spiro atoms. The molecule has 2 aromatic rings. The van der Waals surface area contributed by atoms with Crippen LogP contribution in [0.25, 0.3) is 0 Å². The fraction of sp³-hybridized carbons (Fsp3) is 0.579. The van der Waals surface area contributed by atoms with Crippen molar-refractivity contribution < 1.29 is 9.47 Å². The molecule has 0 radical (unpaired) electrons. The molecule has 0 N–H and O–H groups in total. The van der Waals surface area contributed by atoms with Gasteiger partial charge in [0.1, 0.15) is 5.01 Å². The van der Waals surface area contributed by atoms with E-state index in [-0.39, 0.29) is 5.41 Å². The first-order chi connectivity index (χ1) is 12.2. The van der Waals surface area contributed by atoms with Crippen LogP contribution in [-0.2, 0) is 11.3 Å². The monoisotopic (exact) mass is 359 g/mol. The van der Waals surface area contributed by atoms with Crippen molar-refractivity contribution in [2.75, 3.05) is 26.3 Å². The van der Waals surface area contributed by atoms with E-state index in [0.717, 1.165) is 51.2 Å². The van der Waals surface area contributed by atoms with Crippen molar-refractivity contribution in [1.82, 2.24) is 14.9 Å². The van der Waals surface area contributed by atoms with Crippen LogP contribution < -0.4 is 4.74 Å². The third-order valence-electron chi connectivity index (χ3n) is 5.24. The van der Waals surface area contributed by atoms with Gasteiger partial charge < -0.3 is 9.47 Å². The van der Waals surface area contributed by atoms with Gasteiger partial charge in [0, 0.05) is 48.4 Å². The molecule has 2 aromatic heterocycles. The zero-order valence-corrected chi connectivity index (χ0v) is 15.5. The largest absolute Gasteiger partial charge is 0.477 e. The van der Waals surface area contributed by atoms with Crippen LogP contribution in [0.15, 0.2) is 29.8 Å². The molecule has 2 aliphatic heterocycles. The number of piperidine rings is 1. The van der Waals surface area contributed by atoms with E-state index in [2.05, 4.69) is 27.2 Å². The van der Waals surface area contributed by atoms with Gasteiger partial charge in [-0.05, 0) is 32.3 Å². The van der Waals surface area contributed by atoms with Gasteiger partial charge in [0.05, 0.1) is 19.3 Å². The van der Waals surface area contributed by atoms with E-state index in [9.17, 15) is 0 Å². The summed E-state index contributed by atoms with van der Waals surface area (Å²) in [6.45, 7) is 6.60. The second-order valence-corrected chi connectivity index (χ2v) is 8.11. The summed E-state index contributed by atoms with van der Waals surface area (Å²) in [4.78, 5) is 11.5. The highest BCUT2D eigenvalue weighted by Crippen LogP contribution is 2.41. The van der Waals surface area contributed by atoms with Crippen LogP contribution in [0, 0.1) is 12.3 Å². The number of pyridine rings is 1.